The Morgan fingerprint density at radius 2 is 1.96 bits per heavy atom. The van der Waals surface area contributed by atoms with Crippen LogP contribution in [0, 0.1) is 12.8 Å². The molecule has 0 aliphatic heterocycles. The van der Waals surface area contributed by atoms with Gasteiger partial charge in [-0.25, -0.2) is 0 Å². The third-order valence-corrected chi connectivity index (χ3v) is 4.34. The van der Waals surface area contributed by atoms with Crippen molar-refractivity contribution in [2.24, 2.45) is 5.92 Å². The van der Waals surface area contributed by atoms with Crippen LogP contribution in [0.3, 0.4) is 0 Å². The summed E-state index contributed by atoms with van der Waals surface area (Å²) in [6.45, 7) is 1.90. The molecule has 1 heterocycles. The van der Waals surface area contributed by atoms with E-state index >= 15 is 0 Å². The molecule has 1 saturated carbocycles. The predicted octanol–water partition coefficient (Wildman–Crippen LogP) is 2.65. The molecule has 1 fully saturated rings. The molecule has 1 aliphatic rings. The van der Waals surface area contributed by atoms with E-state index in [0.29, 0.717) is 18.4 Å². The zero-order valence-corrected chi connectivity index (χ0v) is 12.8. The van der Waals surface area contributed by atoms with Gasteiger partial charge in [-0.3, -0.25) is 14.6 Å². The third-order valence-electron chi connectivity index (χ3n) is 4.34. The second kappa shape index (κ2) is 6.20. The van der Waals surface area contributed by atoms with Crippen LogP contribution in [0.2, 0.25) is 0 Å². The predicted molar refractivity (Wildman–Crippen MR) is 86.0 cm³/mol. The van der Waals surface area contributed by atoms with Crippen molar-refractivity contribution in [3.63, 3.8) is 0 Å². The molecule has 5 nitrogen and oxygen atoms in total. The summed E-state index contributed by atoms with van der Waals surface area (Å²) in [5.41, 5.74) is 3.23. The number of pyridine rings is 1. The Labute approximate surface area is 134 Å². The number of carboxylic acids is 1. The normalized spacial score (nSPS) is 19.7. The molecule has 1 amide bonds. The summed E-state index contributed by atoms with van der Waals surface area (Å²) in [5, 5.41) is 11.8. The van der Waals surface area contributed by atoms with Gasteiger partial charge >= 0.3 is 5.97 Å². The van der Waals surface area contributed by atoms with Crippen molar-refractivity contribution in [3.05, 3.63) is 53.7 Å². The molecule has 2 aromatic rings. The Kier molecular flexibility index (Phi) is 4.10. The number of amides is 1. The fourth-order valence-electron chi connectivity index (χ4n) is 2.88. The van der Waals surface area contributed by atoms with Gasteiger partial charge in [0.1, 0.15) is 0 Å². The minimum absolute atomic E-state index is 0.0542. The lowest BCUT2D eigenvalue weighted by atomic mass is 9.80. The summed E-state index contributed by atoms with van der Waals surface area (Å²) in [4.78, 5) is 27.6. The van der Waals surface area contributed by atoms with Crippen LogP contribution in [-0.4, -0.2) is 28.0 Å². The third kappa shape index (κ3) is 3.08. The summed E-state index contributed by atoms with van der Waals surface area (Å²) in [5.74, 6) is -1.28. The second-order valence-corrected chi connectivity index (χ2v) is 5.87. The summed E-state index contributed by atoms with van der Waals surface area (Å²) in [7, 11) is 0. The lowest BCUT2D eigenvalue weighted by Crippen LogP contribution is -2.46. The van der Waals surface area contributed by atoms with Gasteiger partial charge in [0, 0.05) is 23.4 Å². The highest BCUT2D eigenvalue weighted by molar-refractivity contribution is 5.97. The highest BCUT2D eigenvalue weighted by Crippen LogP contribution is 2.28. The van der Waals surface area contributed by atoms with Crippen LogP contribution in [0.25, 0.3) is 11.3 Å². The number of nitrogens with zero attached hydrogens (tertiary/aromatic N) is 1. The Morgan fingerprint density at radius 3 is 2.61 bits per heavy atom. The van der Waals surface area contributed by atoms with Crippen LogP contribution in [0.4, 0.5) is 0 Å². The van der Waals surface area contributed by atoms with Gasteiger partial charge in [-0.05, 0) is 43.5 Å². The van der Waals surface area contributed by atoms with Crippen molar-refractivity contribution >= 4 is 11.9 Å². The van der Waals surface area contributed by atoms with Crippen molar-refractivity contribution in [1.29, 1.82) is 0 Å². The van der Waals surface area contributed by atoms with Crippen LogP contribution in [0.1, 0.15) is 28.8 Å². The van der Waals surface area contributed by atoms with E-state index in [1.165, 1.54) is 0 Å². The quantitative estimate of drug-likeness (QED) is 0.910. The molecular formula is C18H18N2O3. The largest absolute Gasteiger partial charge is 0.481 e. The summed E-state index contributed by atoms with van der Waals surface area (Å²) >= 11 is 0. The number of carbonyl (C=O) groups excluding carboxylic acids is 1. The number of benzene rings is 1. The fourth-order valence-corrected chi connectivity index (χ4v) is 2.88. The zero-order chi connectivity index (χ0) is 16.4. The van der Waals surface area contributed by atoms with Crippen LogP contribution in [0.5, 0.6) is 0 Å². The molecule has 1 aromatic carbocycles. The van der Waals surface area contributed by atoms with E-state index in [0.717, 1.165) is 16.8 Å². The average molecular weight is 310 g/mol. The Morgan fingerprint density at radius 1 is 1.17 bits per heavy atom. The highest BCUT2D eigenvalue weighted by Gasteiger charge is 2.35. The van der Waals surface area contributed by atoms with Gasteiger partial charge in [0.05, 0.1) is 11.6 Å². The van der Waals surface area contributed by atoms with Crippen molar-refractivity contribution in [3.8, 4) is 11.3 Å². The molecule has 3 rings (SSSR count). The van der Waals surface area contributed by atoms with E-state index in [4.69, 9.17) is 5.11 Å². The summed E-state index contributed by atoms with van der Waals surface area (Å²) < 4.78 is 0. The summed E-state index contributed by atoms with van der Waals surface area (Å²) in [6.07, 6.45) is 2.72. The Bertz CT molecular complexity index is 737. The number of aromatic nitrogens is 1. The molecule has 0 radical (unpaired) electrons. The van der Waals surface area contributed by atoms with Crippen LogP contribution < -0.4 is 5.32 Å². The van der Waals surface area contributed by atoms with Crippen molar-refractivity contribution in [2.75, 3.05) is 0 Å². The molecular weight excluding hydrogens is 292 g/mol. The number of hydrogen-bond donors (Lipinski definition) is 2. The maximum atomic E-state index is 12.4. The molecule has 0 atom stereocenters. The van der Waals surface area contributed by atoms with Crippen molar-refractivity contribution in [2.45, 2.75) is 25.8 Å². The lowest BCUT2D eigenvalue weighted by molar-refractivity contribution is -0.145. The molecule has 0 bridgehead atoms. The van der Waals surface area contributed by atoms with E-state index in [1.807, 2.05) is 37.3 Å². The Balaban J connectivity index is 1.76. The van der Waals surface area contributed by atoms with Gasteiger partial charge in [0.15, 0.2) is 0 Å². The first-order valence-corrected chi connectivity index (χ1v) is 7.61. The van der Waals surface area contributed by atoms with Crippen LogP contribution in [-0.2, 0) is 4.79 Å². The second-order valence-electron chi connectivity index (χ2n) is 5.87. The first kappa shape index (κ1) is 15.2. The maximum absolute atomic E-state index is 12.4. The molecule has 23 heavy (non-hydrogen) atoms. The SMILES string of the molecule is Cc1c(C(=O)NC2CC(C(=O)O)C2)cccc1-c1ccccn1. The molecule has 0 saturated heterocycles. The molecule has 2 N–H and O–H groups in total. The van der Waals surface area contributed by atoms with E-state index < -0.39 is 5.97 Å². The number of hydrogen-bond acceptors (Lipinski definition) is 3. The van der Waals surface area contributed by atoms with Gasteiger partial charge in [-0.1, -0.05) is 18.2 Å². The number of nitrogens with one attached hydrogen (secondary N) is 1. The van der Waals surface area contributed by atoms with Crippen molar-refractivity contribution in [1.82, 2.24) is 10.3 Å². The first-order valence-electron chi connectivity index (χ1n) is 7.61. The number of carbonyl (C=O) groups is 2. The van der Waals surface area contributed by atoms with Gasteiger partial charge in [0.25, 0.3) is 5.91 Å². The Hall–Kier alpha value is -2.69. The molecule has 5 heteroatoms. The van der Waals surface area contributed by atoms with E-state index in [2.05, 4.69) is 10.3 Å². The molecule has 1 aromatic heterocycles. The fraction of sp³-hybridized carbons (Fsp3) is 0.278. The lowest BCUT2D eigenvalue weighted by Gasteiger charge is -2.33. The average Bonchev–Trinajstić information content (AvgIpc) is 2.51. The van der Waals surface area contributed by atoms with Gasteiger partial charge in [-0.15, -0.1) is 0 Å². The monoisotopic (exact) mass is 310 g/mol. The minimum atomic E-state index is -0.788. The van der Waals surface area contributed by atoms with E-state index in [-0.39, 0.29) is 17.9 Å². The topological polar surface area (TPSA) is 79.3 Å². The summed E-state index contributed by atoms with van der Waals surface area (Å²) in [6, 6.07) is 11.2. The minimum Gasteiger partial charge on any atom is -0.481 e. The van der Waals surface area contributed by atoms with Crippen LogP contribution in [0.15, 0.2) is 42.6 Å². The van der Waals surface area contributed by atoms with Crippen LogP contribution >= 0.6 is 0 Å². The number of rotatable bonds is 4. The first-order chi connectivity index (χ1) is 11.1. The van der Waals surface area contributed by atoms with Gasteiger partial charge in [-0.2, -0.15) is 0 Å². The zero-order valence-electron chi connectivity index (χ0n) is 12.8. The maximum Gasteiger partial charge on any atom is 0.306 e. The van der Waals surface area contributed by atoms with E-state index in [9.17, 15) is 9.59 Å². The highest BCUT2D eigenvalue weighted by atomic mass is 16.4. The molecule has 0 unspecified atom stereocenters. The molecule has 118 valence electrons. The van der Waals surface area contributed by atoms with Gasteiger partial charge < -0.3 is 10.4 Å². The smallest absolute Gasteiger partial charge is 0.306 e. The van der Waals surface area contributed by atoms with Gasteiger partial charge in [0.2, 0.25) is 0 Å². The number of aliphatic carboxylic acids is 1. The number of carboxylic acid groups (broad SMARTS) is 1. The standard InChI is InChI=1S/C18H18N2O3/c1-11-14(16-7-2-3-8-19-16)5-4-6-15(11)17(21)20-13-9-12(10-13)18(22)23/h2-8,12-13H,9-10H2,1H3,(H,20,21)(H,22,23). The van der Waals surface area contributed by atoms with E-state index in [1.54, 1.807) is 12.3 Å². The van der Waals surface area contributed by atoms with Crippen molar-refractivity contribution < 1.29 is 14.7 Å². The molecule has 1 aliphatic carbocycles. The molecule has 0 spiro atoms.